The lowest BCUT2D eigenvalue weighted by Crippen LogP contribution is -2.60. The Morgan fingerprint density at radius 3 is 1.84 bits per heavy atom. The molecule has 2 saturated heterocycles. The summed E-state index contributed by atoms with van der Waals surface area (Å²) in [4.78, 5) is 13.1. The number of rotatable bonds is 7. The fourth-order valence-corrected chi connectivity index (χ4v) is 4.90. The predicted octanol–water partition coefficient (Wildman–Crippen LogP) is -3.07. The van der Waals surface area contributed by atoms with Crippen molar-refractivity contribution in [3.63, 3.8) is 0 Å². The second kappa shape index (κ2) is 12.3. The Morgan fingerprint density at radius 1 is 0.705 bits per heavy atom. The van der Waals surface area contributed by atoms with Gasteiger partial charge in [-0.3, -0.25) is 4.79 Å². The van der Waals surface area contributed by atoms with Crippen LogP contribution in [0.3, 0.4) is 0 Å². The van der Waals surface area contributed by atoms with E-state index in [1.54, 1.807) is 0 Å². The molecule has 10 atom stereocenters. The average Bonchev–Trinajstić information content (AvgIpc) is 2.99. The minimum atomic E-state index is -1.85. The fourth-order valence-electron chi connectivity index (χ4n) is 4.90. The van der Waals surface area contributed by atoms with Crippen molar-refractivity contribution in [3.8, 4) is 40.1 Å². The van der Waals surface area contributed by atoms with Gasteiger partial charge in [0.05, 0.1) is 18.8 Å². The van der Waals surface area contributed by atoms with E-state index < -0.39 is 103 Å². The summed E-state index contributed by atoms with van der Waals surface area (Å²) < 4.78 is 27.5. The molecule has 5 rings (SSSR count). The Labute approximate surface area is 246 Å². The van der Waals surface area contributed by atoms with E-state index in [0.717, 1.165) is 30.3 Å². The lowest BCUT2D eigenvalue weighted by molar-refractivity contribution is -0.277. The molecule has 3 aromatic rings. The van der Waals surface area contributed by atoms with Crippen LogP contribution in [-0.4, -0.2) is 131 Å². The van der Waals surface area contributed by atoms with Crippen molar-refractivity contribution < 1.29 is 79.5 Å². The molecule has 0 unspecified atom stereocenters. The smallest absolute Gasteiger partial charge is 0.238 e. The molecule has 0 radical (unpaired) electrons. The summed E-state index contributed by atoms with van der Waals surface area (Å²) in [5.74, 6) is -3.33. The quantitative estimate of drug-likeness (QED) is 0.124. The van der Waals surface area contributed by atoms with Gasteiger partial charge >= 0.3 is 0 Å². The molecule has 17 heteroatoms. The Kier molecular flexibility index (Phi) is 8.87. The zero-order chi connectivity index (χ0) is 32.0. The van der Waals surface area contributed by atoms with Crippen molar-refractivity contribution in [3.05, 3.63) is 40.6 Å². The van der Waals surface area contributed by atoms with Crippen LogP contribution in [0.4, 0.5) is 0 Å². The molecule has 11 N–H and O–H groups in total. The highest BCUT2D eigenvalue weighted by atomic mass is 16.7. The standard InChI is InChI=1S/C27H30O17/c28-6-14-17(32)20(35)23(38)26(43-14)40-9-4-11(31)16-13(5-9)41-25(22(37)19(16)34)10-2-1-8(30)3-12(10)42-27-24(39)21(36)18(33)15(7-29)44-27/h1-5,14-15,17-18,20-21,23-24,26-33,35-39H,6-7H2/t14-,15-,17-,18-,20+,21+,23-,24-,26-,27-/m1/s1. The molecule has 0 amide bonds. The maximum atomic E-state index is 13.1. The van der Waals surface area contributed by atoms with Crippen LogP contribution in [0.5, 0.6) is 28.7 Å². The number of phenolic OH excluding ortho intramolecular Hbond substituents is 2. The summed E-state index contributed by atoms with van der Waals surface area (Å²) in [5.41, 5.74) is -1.70. The maximum absolute atomic E-state index is 13.1. The molecule has 240 valence electrons. The van der Waals surface area contributed by atoms with Gasteiger partial charge in [0.2, 0.25) is 23.8 Å². The number of fused-ring (bicyclic) bond motifs is 1. The second-order valence-electron chi connectivity index (χ2n) is 10.2. The van der Waals surface area contributed by atoms with Gasteiger partial charge in [-0.05, 0) is 12.1 Å². The fraction of sp³-hybridized carbons (Fsp3) is 0.444. The Morgan fingerprint density at radius 2 is 1.27 bits per heavy atom. The number of aliphatic hydroxyl groups is 8. The van der Waals surface area contributed by atoms with E-state index in [2.05, 4.69) is 0 Å². The van der Waals surface area contributed by atoms with Gasteiger partial charge in [-0.25, -0.2) is 0 Å². The van der Waals surface area contributed by atoms with Gasteiger partial charge in [0.15, 0.2) is 5.76 Å². The van der Waals surface area contributed by atoms with Gasteiger partial charge in [0.25, 0.3) is 0 Å². The number of aromatic hydroxyl groups is 3. The van der Waals surface area contributed by atoms with E-state index in [0.29, 0.717) is 0 Å². The van der Waals surface area contributed by atoms with E-state index >= 15 is 0 Å². The number of ether oxygens (including phenoxy) is 4. The Bertz CT molecular complexity index is 1550. The highest BCUT2D eigenvalue weighted by Crippen LogP contribution is 2.41. The van der Waals surface area contributed by atoms with E-state index in [9.17, 15) is 61.0 Å². The first-order valence-corrected chi connectivity index (χ1v) is 13.2. The monoisotopic (exact) mass is 626 g/mol. The van der Waals surface area contributed by atoms with E-state index in [4.69, 9.17) is 23.4 Å². The van der Waals surface area contributed by atoms with Crippen LogP contribution >= 0.6 is 0 Å². The van der Waals surface area contributed by atoms with Crippen LogP contribution in [0.25, 0.3) is 22.3 Å². The Balaban J connectivity index is 1.54. The molecule has 3 heterocycles. The van der Waals surface area contributed by atoms with Crippen LogP contribution in [0.1, 0.15) is 0 Å². The number of benzene rings is 2. The molecule has 0 spiro atoms. The van der Waals surface area contributed by atoms with Crippen molar-refractivity contribution in [1.82, 2.24) is 0 Å². The third kappa shape index (κ3) is 5.61. The molecular weight excluding hydrogens is 596 g/mol. The lowest BCUT2D eigenvalue weighted by Gasteiger charge is -2.39. The summed E-state index contributed by atoms with van der Waals surface area (Å²) >= 11 is 0. The summed E-state index contributed by atoms with van der Waals surface area (Å²) in [6, 6.07) is 5.28. The van der Waals surface area contributed by atoms with Crippen LogP contribution in [0.15, 0.2) is 39.5 Å². The van der Waals surface area contributed by atoms with E-state index in [1.807, 2.05) is 0 Å². The summed E-state index contributed by atoms with van der Waals surface area (Å²) in [7, 11) is 0. The SMILES string of the molecule is O=c1c(O)c(-c2ccc(O)cc2O[C@@H]2O[C@H](CO)[C@@H](O)[C@H](O)[C@H]2O)oc2cc(O[C@@H]3O[C@H](CO)[C@@H](O)[C@H](O)[C@H]3O)cc(O)c12. The summed E-state index contributed by atoms with van der Waals surface area (Å²) in [6.07, 6.45) is -16.6. The first-order valence-electron chi connectivity index (χ1n) is 13.2. The predicted molar refractivity (Wildman–Crippen MR) is 142 cm³/mol. The van der Waals surface area contributed by atoms with Gasteiger partial charge in [0.1, 0.15) is 82.8 Å². The molecule has 1 aromatic heterocycles. The van der Waals surface area contributed by atoms with E-state index in [1.165, 1.54) is 0 Å². The Hall–Kier alpha value is -3.75. The second-order valence-corrected chi connectivity index (χ2v) is 10.2. The molecule has 0 bridgehead atoms. The molecular formula is C27H30O17. The number of hydrogen-bond acceptors (Lipinski definition) is 17. The largest absolute Gasteiger partial charge is 0.508 e. The molecule has 0 aliphatic carbocycles. The normalized spacial score (nSPS) is 32.5. The third-order valence-corrected chi connectivity index (χ3v) is 7.33. The van der Waals surface area contributed by atoms with Gasteiger partial charge < -0.3 is 79.5 Å². The van der Waals surface area contributed by atoms with Gasteiger partial charge in [-0.2, -0.15) is 0 Å². The summed E-state index contributed by atoms with van der Waals surface area (Å²) in [6.45, 7) is -1.49. The van der Waals surface area contributed by atoms with Crippen molar-refractivity contribution in [1.29, 1.82) is 0 Å². The lowest BCUT2D eigenvalue weighted by atomic mass is 9.99. The van der Waals surface area contributed by atoms with E-state index in [-0.39, 0.29) is 28.4 Å². The minimum absolute atomic E-state index is 0.198. The third-order valence-electron chi connectivity index (χ3n) is 7.33. The minimum Gasteiger partial charge on any atom is -0.508 e. The first kappa shape index (κ1) is 31.7. The average molecular weight is 627 g/mol. The van der Waals surface area contributed by atoms with Crippen molar-refractivity contribution in [2.24, 2.45) is 0 Å². The zero-order valence-corrected chi connectivity index (χ0v) is 22.4. The molecule has 17 nitrogen and oxygen atoms in total. The number of aliphatic hydroxyl groups excluding tert-OH is 8. The van der Waals surface area contributed by atoms with Gasteiger partial charge in [-0.15, -0.1) is 0 Å². The first-order chi connectivity index (χ1) is 20.9. The van der Waals surface area contributed by atoms with Crippen LogP contribution in [0, 0.1) is 0 Å². The highest BCUT2D eigenvalue weighted by Gasteiger charge is 2.46. The number of phenols is 2. The molecule has 2 aliphatic rings. The molecule has 0 saturated carbocycles. The van der Waals surface area contributed by atoms with Crippen LogP contribution in [-0.2, 0) is 9.47 Å². The zero-order valence-electron chi connectivity index (χ0n) is 22.4. The molecule has 44 heavy (non-hydrogen) atoms. The van der Waals surface area contributed by atoms with Gasteiger partial charge in [-0.1, -0.05) is 0 Å². The maximum Gasteiger partial charge on any atom is 0.238 e. The van der Waals surface area contributed by atoms with Crippen LogP contribution < -0.4 is 14.9 Å². The van der Waals surface area contributed by atoms with Crippen molar-refractivity contribution >= 4 is 11.0 Å². The van der Waals surface area contributed by atoms with Gasteiger partial charge in [0, 0.05) is 18.2 Å². The molecule has 2 aliphatic heterocycles. The van der Waals surface area contributed by atoms with Crippen LogP contribution in [0.2, 0.25) is 0 Å². The molecule has 2 aromatic carbocycles. The van der Waals surface area contributed by atoms with Crippen molar-refractivity contribution in [2.45, 2.75) is 61.4 Å². The number of hydrogen-bond donors (Lipinski definition) is 11. The highest BCUT2D eigenvalue weighted by molar-refractivity contribution is 5.88. The topological polar surface area (TPSA) is 290 Å². The molecule has 2 fully saturated rings. The van der Waals surface area contributed by atoms with Crippen molar-refractivity contribution in [2.75, 3.05) is 13.2 Å². The summed E-state index contributed by atoms with van der Waals surface area (Å²) in [5, 5.41) is 111.